The van der Waals surface area contributed by atoms with Crippen molar-refractivity contribution in [2.75, 3.05) is 38.1 Å². The average Bonchev–Trinajstić information content (AvgIpc) is 2.69. The lowest BCUT2D eigenvalue weighted by Gasteiger charge is -2.18. The molecule has 1 aromatic rings. The van der Waals surface area contributed by atoms with E-state index in [1.807, 2.05) is 24.1 Å². The zero-order valence-electron chi connectivity index (χ0n) is 9.82. The Morgan fingerprint density at radius 3 is 2.65 bits per heavy atom. The van der Waals surface area contributed by atoms with E-state index in [0.29, 0.717) is 5.02 Å². The van der Waals surface area contributed by atoms with Gasteiger partial charge >= 0.3 is 6.03 Å². The molecule has 0 aliphatic carbocycles. The van der Waals surface area contributed by atoms with Crippen LogP contribution in [-0.2, 0) is 0 Å². The summed E-state index contributed by atoms with van der Waals surface area (Å²) in [6.07, 6.45) is 0. The van der Waals surface area contributed by atoms with Crippen LogP contribution in [0.15, 0.2) is 24.3 Å². The van der Waals surface area contributed by atoms with Gasteiger partial charge in [0, 0.05) is 36.9 Å². The molecule has 0 bridgehead atoms. The molecular weight excluding hydrogens is 238 g/mol. The third-order valence-electron chi connectivity index (χ3n) is 2.86. The highest BCUT2D eigenvalue weighted by Crippen LogP contribution is 2.21. The van der Waals surface area contributed by atoms with E-state index in [-0.39, 0.29) is 6.03 Å². The van der Waals surface area contributed by atoms with Gasteiger partial charge in [-0.15, -0.1) is 0 Å². The fourth-order valence-electron chi connectivity index (χ4n) is 1.90. The second kappa shape index (κ2) is 5.38. The van der Waals surface area contributed by atoms with Crippen molar-refractivity contribution >= 4 is 23.3 Å². The molecule has 2 amide bonds. The van der Waals surface area contributed by atoms with E-state index >= 15 is 0 Å². The van der Waals surface area contributed by atoms with Crippen LogP contribution >= 0.6 is 11.6 Å². The molecule has 4 nitrogen and oxygen atoms in total. The predicted octanol–water partition coefficient (Wildman–Crippen LogP) is 1.80. The number of carbonyl (C=O) groups is 1. The second-order valence-electron chi connectivity index (χ2n) is 4.00. The molecule has 1 heterocycles. The van der Waals surface area contributed by atoms with Crippen LogP contribution in [0, 0.1) is 0 Å². The number of nitrogens with one attached hydrogen (secondary N) is 1. The van der Waals surface area contributed by atoms with E-state index < -0.39 is 0 Å². The van der Waals surface area contributed by atoms with Gasteiger partial charge in [-0.3, -0.25) is 4.90 Å². The van der Waals surface area contributed by atoms with Gasteiger partial charge in [0.05, 0.1) is 0 Å². The number of likely N-dealkylation sites (N-methyl/N-ethyl adjacent to an activating group) is 1. The smallest absolute Gasteiger partial charge is 0.321 e. The lowest BCUT2D eigenvalue weighted by atomic mass is 10.3. The molecule has 92 valence electrons. The van der Waals surface area contributed by atoms with Gasteiger partial charge in [-0.2, -0.15) is 0 Å². The Balaban J connectivity index is 2.04. The summed E-state index contributed by atoms with van der Waals surface area (Å²) in [4.78, 5) is 15.7. The number of amides is 2. The number of benzene rings is 1. The molecule has 1 aliphatic rings. The second-order valence-corrected chi connectivity index (χ2v) is 4.44. The van der Waals surface area contributed by atoms with Gasteiger partial charge in [-0.25, -0.2) is 4.79 Å². The number of hydrogen-bond donors (Lipinski definition) is 1. The fraction of sp³-hybridized carbons (Fsp3) is 0.417. The summed E-state index contributed by atoms with van der Waals surface area (Å²) < 4.78 is 0. The minimum atomic E-state index is 0.0718. The van der Waals surface area contributed by atoms with Crippen LogP contribution in [-0.4, -0.2) is 44.2 Å². The molecule has 0 spiro atoms. The van der Waals surface area contributed by atoms with Crippen LogP contribution in [0.5, 0.6) is 0 Å². The van der Waals surface area contributed by atoms with Gasteiger partial charge in [0.2, 0.25) is 0 Å². The molecule has 1 fully saturated rings. The van der Waals surface area contributed by atoms with Crippen molar-refractivity contribution < 1.29 is 4.79 Å². The summed E-state index contributed by atoms with van der Waals surface area (Å²) in [5.41, 5.74) is 0.909. The molecule has 0 saturated carbocycles. The number of anilines is 1. The van der Waals surface area contributed by atoms with Crippen molar-refractivity contribution in [1.29, 1.82) is 0 Å². The molecule has 0 unspecified atom stereocenters. The lowest BCUT2D eigenvalue weighted by Crippen LogP contribution is -2.35. The molecule has 1 aliphatic heterocycles. The third-order valence-corrected chi connectivity index (χ3v) is 3.12. The van der Waals surface area contributed by atoms with Crippen LogP contribution < -0.4 is 10.2 Å². The van der Waals surface area contributed by atoms with Crippen LogP contribution in [0.4, 0.5) is 10.5 Å². The summed E-state index contributed by atoms with van der Waals surface area (Å²) in [5.74, 6) is 0. The van der Waals surface area contributed by atoms with E-state index in [9.17, 15) is 4.79 Å². The summed E-state index contributed by atoms with van der Waals surface area (Å²) >= 11 is 5.83. The number of urea groups is 1. The highest BCUT2D eigenvalue weighted by atomic mass is 35.5. The summed E-state index contributed by atoms with van der Waals surface area (Å²) in [7, 11) is 1.89. The van der Waals surface area contributed by atoms with Crippen LogP contribution in [0.3, 0.4) is 0 Å². The van der Waals surface area contributed by atoms with Crippen molar-refractivity contribution in [3.63, 3.8) is 0 Å². The maximum Gasteiger partial charge on any atom is 0.324 e. The highest BCUT2D eigenvalue weighted by molar-refractivity contribution is 6.30. The monoisotopic (exact) mass is 253 g/mol. The van der Waals surface area contributed by atoms with Crippen LogP contribution in [0.2, 0.25) is 5.02 Å². The number of carbonyl (C=O) groups excluding carboxylic acids is 1. The molecule has 0 radical (unpaired) electrons. The zero-order valence-corrected chi connectivity index (χ0v) is 10.6. The number of hydrogen-bond acceptors (Lipinski definition) is 2. The van der Waals surface area contributed by atoms with Crippen LogP contribution in [0.25, 0.3) is 0 Å². The first kappa shape index (κ1) is 12.2. The van der Waals surface area contributed by atoms with Crippen molar-refractivity contribution in [1.82, 2.24) is 10.2 Å². The Labute approximate surface area is 106 Å². The molecule has 0 atom stereocenters. The van der Waals surface area contributed by atoms with Crippen molar-refractivity contribution in [3.05, 3.63) is 29.3 Å². The summed E-state index contributed by atoms with van der Waals surface area (Å²) in [6.45, 7) is 3.09. The van der Waals surface area contributed by atoms with E-state index in [1.165, 1.54) is 0 Å². The average molecular weight is 254 g/mol. The minimum absolute atomic E-state index is 0.0718. The third kappa shape index (κ3) is 2.70. The van der Waals surface area contributed by atoms with E-state index in [4.69, 9.17) is 11.6 Å². The molecular formula is C12H16ClN3O. The Bertz CT molecular complexity index is 393. The maximum absolute atomic E-state index is 12.1. The van der Waals surface area contributed by atoms with Crippen molar-refractivity contribution in [2.45, 2.75) is 0 Å². The number of halogens is 1. The predicted molar refractivity (Wildman–Crippen MR) is 69.7 cm³/mol. The zero-order chi connectivity index (χ0) is 12.3. The van der Waals surface area contributed by atoms with Crippen molar-refractivity contribution in [2.24, 2.45) is 0 Å². The minimum Gasteiger partial charge on any atom is -0.321 e. The van der Waals surface area contributed by atoms with Crippen molar-refractivity contribution in [3.8, 4) is 0 Å². The molecule has 17 heavy (non-hydrogen) atoms. The molecule has 5 heteroatoms. The van der Waals surface area contributed by atoms with Gasteiger partial charge in [0.15, 0.2) is 0 Å². The molecule has 2 rings (SSSR count). The van der Waals surface area contributed by atoms with Gasteiger partial charge in [-0.05, 0) is 31.3 Å². The quantitative estimate of drug-likeness (QED) is 0.888. The van der Waals surface area contributed by atoms with Gasteiger partial charge in [-0.1, -0.05) is 11.6 Å². The Kier molecular flexibility index (Phi) is 3.86. The van der Waals surface area contributed by atoms with Gasteiger partial charge < -0.3 is 10.2 Å². The summed E-state index contributed by atoms with van der Waals surface area (Å²) in [6, 6.07) is 7.44. The first-order valence-corrected chi connectivity index (χ1v) is 6.07. The number of rotatable bonds is 4. The maximum atomic E-state index is 12.1. The molecule has 1 aromatic carbocycles. The number of nitrogens with zero attached hydrogens (tertiary/aromatic N) is 2. The molecule has 1 N–H and O–H groups in total. The van der Waals surface area contributed by atoms with E-state index in [0.717, 1.165) is 31.9 Å². The highest BCUT2D eigenvalue weighted by Gasteiger charge is 2.28. The largest absolute Gasteiger partial charge is 0.324 e. The standard InChI is InChI=1S/C12H16ClN3O/c1-14-6-7-15-8-9-16(12(15)17)11-4-2-10(13)3-5-11/h2-5,14H,6-9H2,1H3. The summed E-state index contributed by atoms with van der Waals surface area (Å²) in [5, 5.41) is 3.73. The SMILES string of the molecule is CNCCN1CCN(c2ccc(Cl)cc2)C1=O. The first-order valence-electron chi connectivity index (χ1n) is 5.69. The van der Waals surface area contributed by atoms with Gasteiger partial charge in [0.1, 0.15) is 0 Å². The Morgan fingerprint density at radius 1 is 1.29 bits per heavy atom. The first-order chi connectivity index (χ1) is 8.22. The van der Waals surface area contributed by atoms with E-state index in [1.54, 1.807) is 17.0 Å². The van der Waals surface area contributed by atoms with Gasteiger partial charge in [0.25, 0.3) is 0 Å². The molecule has 0 aromatic heterocycles. The normalized spacial score (nSPS) is 15.8. The topological polar surface area (TPSA) is 35.6 Å². The Hall–Kier alpha value is -1.26. The molecule has 1 saturated heterocycles. The van der Waals surface area contributed by atoms with E-state index in [2.05, 4.69) is 5.32 Å². The van der Waals surface area contributed by atoms with Crippen LogP contribution in [0.1, 0.15) is 0 Å². The lowest BCUT2D eigenvalue weighted by molar-refractivity contribution is 0.221. The fourth-order valence-corrected chi connectivity index (χ4v) is 2.02. The Morgan fingerprint density at radius 2 is 2.00 bits per heavy atom.